The van der Waals surface area contributed by atoms with Crippen LogP contribution in [-0.2, 0) is 10.2 Å². The maximum Gasteiger partial charge on any atom is 0.405 e. The first-order chi connectivity index (χ1) is 22.7. The zero-order chi connectivity index (χ0) is 32.9. The van der Waals surface area contributed by atoms with Gasteiger partial charge in [-0.25, -0.2) is 0 Å². The van der Waals surface area contributed by atoms with Crippen LogP contribution in [0.15, 0.2) is 103 Å². The van der Waals surface area contributed by atoms with Crippen LogP contribution in [0.2, 0.25) is 0 Å². The highest BCUT2D eigenvalue weighted by Crippen LogP contribution is 2.51. The number of benzene rings is 4. The summed E-state index contributed by atoms with van der Waals surface area (Å²) < 4.78 is 45.3. The molecule has 1 aliphatic carbocycles. The monoisotopic (exact) mass is 641 g/mol. The average molecular weight is 642 g/mol. The van der Waals surface area contributed by atoms with E-state index in [1.165, 1.54) is 0 Å². The molecule has 2 N–H and O–H groups in total. The summed E-state index contributed by atoms with van der Waals surface area (Å²) in [6, 6.07) is 31.7. The number of para-hydroxylation sites is 1. The number of hydrogen-bond acceptors (Lipinski definition) is 4. The molecule has 0 atom stereocenters. The minimum atomic E-state index is -4.50. The molecule has 0 spiro atoms. The number of alkyl halides is 3. The molecule has 4 aromatic carbocycles. The molecule has 2 aliphatic rings. The number of likely N-dealkylation sites (tertiary alicyclic amines) is 1. The summed E-state index contributed by atoms with van der Waals surface area (Å²) in [5, 5.41) is 5.37. The molecular weight excluding hydrogens is 603 g/mol. The van der Waals surface area contributed by atoms with Crippen molar-refractivity contribution in [2.24, 2.45) is 0 Å². The molecular formula is C38H38F3N3O3. The number of unbranched alkanes of at least 4 members (excludes halogenated alkanes) is 1. The van der Waals surface area contributed by atoms with Gasteiger partial charge >= 0.3 is 6.18 Å². The number of rotatable bonds is 11. The number of nitrogens with zero attached hydrogens (tertiary/aromatic N) is 1. The van der Waals surface area contributed by atoms with E-state index in [2.05, 4.69) is 15.5 Å². The van der Waals surface area contributed by atoms with Crippen molar-refractivity contribution in [3.05, 3.63) is 120 Å². The fourth-order valence-corrected chi connectivity index (χ4v) is 6.90. The second-order valence-corrected chi connectivity index (χ2v) is 12.3. The van der Waals surface area contributed by atoms with Crippen LogP contribution < -0.4 is 15.4 Å². The summed E-state index contributed by atoms with van der Waals surface area (Å²) in [5.74, 6) is 0.562. The molecule has 6 nitrogen and oxygen atoms in total. The van der Waals surface area contributed by atoms with Gasteiger partial charge in [-0.1, -0.05) is 79.2 Å². The van der Waals surface area contributed by atoms with E-state index in [9.17, 15) is 22.8 Å². The van der Waals surface area contributed by atoms with Crippen LogP contribution >= 0.6 is 0 Å². The minimum absolute atomic E-state index is 0.0598. The third kappa shape index (κ3) is 7.36. The second-order valence-electron chi connectivity index (χ2n) is 12.3. The molecule has 1 aliphatic heterocycles. The first kappa shape index (κ1) is 32.3. The molecule has 1 heterocycles. The van der Waals surface area contributed by atoms with Crippen LogP contribution in [0.1, 0.15) is 53.6 Å². The SMILES string of the molecule is O=C(NC1CCN(CCCCC2(C(=O)NCC(F)(F)F)c3ccccc3-c3ccccc32)CC1)c1cccc(Oc2ccccc2)c1. The van der Waals surface area contributed by atoms with Gasteiger partial charge in [0.1, 0.15) is 23.5 Å². The molecule has 4 aromatic rings. The number of halogens is 3. The van der Waals surface area contributed by atoms with E-state index in [1.54, 1.807) is 12.1 Å². The van der Waals surface area contributed by atoms with Gasteiger partial charge in [-0.05, 0) is 84.8 Å². The van der Waals surface area contributed by atoms with E-state index in [4.69, 9.17) is 4.74 Å². The van der Waals surface area contributed by atoms with Crippen LogP contribution in [0.4, 0.5) is 13.2 Å². The summed E-state index contributed by atoms with van der Waals surface area (Å²) in [5.41, 5.74) is 2.67. The normalized spacial score (nSPS) is 15.8. The number of ether oxygens (including phenoxy) is 1. The zero-order valence-electron chi connectivity index (χ0n) is 26.1. The molecule has 0 aromatic heterocycles. The molecule has 47 heavy (non-hydrogen) atoms. The van der Waals surface area contributed by atoms with Crippen molar-refractivity contribution in [3.8, 4) is 22.6 Å². The molecule has 6 rings (SSSR count). The Balaban J connectivity index is 1.03. The summed E-state index contributed by atoms with van der Waals surface area (Å²) in [4.78, 5) is 29.1. The van der Waals surface area contributed by atoms with Gasteiger partial charge in [0.2, 0.25) is 5.91 Å². The maximum atomic E-state index is 13.7. The minimum Gasteiger partial charge on any atom is -0.457 e. The summed E-state index contributed by atoms with van der Waals surface area (Å²) in [7, 11) is 0. The standard InChI is InChI=1S/C38H38F3N3O3/c39-38(40,41)26-42-36(46)37(33-17-6-4-15-31(33)32-16-5-7-18-34(32)37)21-8-9-22-44-23-19-28(20-24-44)43-35(45)27-11-10-14-30(25-27)47-29-12-2-1-3-13-29/h1-7,10-18,25,28H,8-9,19-24,26H2,(H,42,46)(H,43,45). The molecule has 0 unspecified atom stereocenters. The lowest BCUT2D eigenvalue weighted by atomic mass is 9.73. The maximum absolute atomic E-state index is 13.7. The third-order valence-electron chi connectivity index (χ3n) is 9.17. The number of carbonyl (C=O) groups is 2. The summed E-state index contributed by atoms with van der Waals surface area (Å²) >= 11 is 0. The number of amides is 2. The van der Waals surface area contributed by atoms with Crippen molar-refractivity contribution >= 4 is 11.8 Å². The zero-order valence-corrected chi connectivity index (χ0v) is 26.1. The molecule has 0 saturated carbocycles. The van der Waals surface area contributed by atoms with Crippen molar-refractivity contribution in [1.82, 2.24) is 15.5 Å². The van der Waals surface area contributed by atoms with Crippen molar-refractivity contribution in [1.29, 1.82) is 0 Å². The van der Waals surface area contributed by atoms with Gasteiger partial charge < -0.3 is 20.3 Å². The quantitative estimate of drug-likeness (QED) is 0.167. The van der Waals surface area contributed by atoms with Crippen molar-refractivity contribution in [2.45, 2.75) is 49.7 Å². The fraction of sp³-hybridized carbons (Fsp3) is 0.316. The van der Waals surface area contributed by atoms with Gasteiger partial charge in [-0.2, -0.15) is 13.2 Å². The topological polar surface area (TPSA) is 70.7 Å². The van der Waals surface area contributed by atoms with Crippen LogP contribution in [-0.4, -0.2) is 55.1 Å². The predicted octanol–water partition coefficient (Wildman–Crippen LogP) is 7.49. The Bertz CT molecular complexity index is 1660. The number of nitrogens with one attached hydrogen (secondary N) is 2. The Hall–Kier alpha value is -4.63. The highest BCUT2D eigenvalue weighted by atomic mass is 19.4. The highest BCUT2D eigenvalue weighted by Gasteiger charge is 2.49. The lowest BCUT2D eigenvalue weighted by molar-refractivity contribution is -0.141. The van der Waals surface area contributed by atoms with Crippen molar-refractivity contribution in [2.75, 3.05) is 26.2 Å². The summed E-state index contributed by atoms with van der Waals surface area (Å²) in [6.45, 7) is 1.09. The fourth-order valence-electron chi connectivity index (χ4n) is 6.90. The Kier molecular flexibility index (Phi) is 9.63. The number of carbonyl (C=O) groups excluding carboxylic acids is 2. The van der Waals surface area contributed by atoms with E-state index < -0.39 is 24.0 Å². The first-order valence-corrected chi connectivity index (χ1v) is 16.1. The molecule has 0 bridgehead atoms. The van der Waals surface area contributed by atoms with Crippen LogP contribution in [0.5, 0.6) is 11.5 Å². The van der Waals surface area contributed by atoms with E-state index >= 15 is 0 Å². The molecule has 244 valence electrons. The van der Waals surface area contributed by atoms with Crippen molar-refractivity contribution in [3.63, 3.8) is 0 Å². The number of piperidine rings is 1. The molecule has 9 heteroatoms. The van der Waals surface area contributed by atoms with Crippen LogP contribution in [0.25, 0.3) is 11.1 Å². The Morgan fingerprint density at radius 2 is 1.40 bits per heavy atom. The third-order valence-corrected chi connectivity index (χ3v) is 9.17. The van der Waals surface area contributed by atoms with Gasteiger partial charge in [-0.15, -0.1) is 0 Å². The number of hydrogen-bond donors (Lipinski definition) is 2. The Labute approximate surface area is 272 Å². The van der Waals surface area contributed by atoms with Gasteiger partial charge in [0.25, 0.3) is 5.91 Å². The molecule has 0 radical (unpaired) electrons. The van der Waals surface area contributed by atoms with E-state index in [-0.39, 0.29) is 11.9 Å². The first-order valence-electron chi connectivity index (χ1n) is 16.1. The highest BCUT2D eigenvalue weighted by molar-refractivity contribution is 6.00. The van der Waals surface area contributed by atoms with Gasteiger partial charge in [0.05, 0.1) is 0 Å². The summed E-state index contributed by atoms with van der Waals surface area (Å²) in [6.07, 6.45) is -0.998. The van der Waals surface area contributed by atoms with Crippen LogP contribution in [0, 0.1) is 0 Å². The van der Waals surface area contributed by atoms with E-state index in [0.29, 0.717) is 29.9 Å². The van der Waals surface area contributed by atoms with Gasteiger partial charge in [0.15, 0.2) is 0 Å². The lowest BCUT2D eigenvalue weighted by Gasteiger charge is -2.33. The molecule has 1 saturated heterocycles. The largest absolute Gasteiger partial charge is 0.457 e. The van der Waals surface area contributed by atoms with E-state index in [0.717, 1.165) is 61.2 Å². The predicted molar refractivity (Wildman–Crippen MR) is 175 cm³/mol. The molecule has 1 fully saturated rings. The number of fused-ring (bicyclic) bond motifs is 3. The second kappa shape index (κ2) is 14.0. The Morgan fingerprint density at radius 1 is 0.787 bits per heavy atom. The Morgan fingerprint density at radius 3 is 2.06 bits per heavy atom. The van der Waals surface area contributed by atoms with E-state index in [1.807, 2.05) is 91.0 Å². The lowest BCUT2D eigenvalue weighted by Crippen LogP contribution is -2.47. The smallest absolute Gasteiger partial charge is 0.405 e. The van der Waals surface area contributed by atoms with Gasteiger partial charge in [0, 0.05) is 24.7 Å². The molecule has 2 amide bonds. The van der Waals surface area contributed by atoms with Crippen molar-refractivity contribution < 1.29 is 27.5 Å². The average Bonchev–Trinajstić information content (AvgIpc) is 3.37. The van der Waals surface area contributed by atoms with Gasteiger partial charge in [-0.3, -0.25) is 9.59 Å². The van der Waals surface area contributed by atoms with Crippen LogP contribution in [0.3, 0.4) is 0 Å².